The van der Waals surface area contributed by atoms with Crippen LogP contribution in [0.4, 0.5) is 5.69 Å². The van der Waals surface area contributed by atoms with Crippen LogP contribution in [0.5, 0.6) is 0 Å². The molecule has 0 saturated carbocycles. The number of piperazine rings is 1. The number of anilines is 1. The Morgan fingerprint density at radius 1 is 1.00 bits per heavy atom. The van der Waals surface area contributed by atoms with Gasteiger partial charge in [0.15, 0.2) is 0 Å². The van der Waals surface area contributed by atoms with Crippen LogP contribution in [0.25, 0.3) is 10.9 Å². The monoisotopic (exact) mass is 362 g/mol. The van der Waals surface area contributed by atoms with Gasteiger partial charge in [-0.25, -0.2) is 0 Å². The molecule has 1 amide bonds. The molecule has 1 aliphatic rings. The van der Waals surface area contributed by atoms with Crippen molar-refractivity contribution in [2.24, 2.45) is 0 Å². The second kappa shape index (κ2) is 7.06. The summed E-state index contributed by atoms with van der Waals surface area (Å²) in [6.07, 6.45) is 2.08. The fraction of sp³-hybridized carbons (Fsp3) is 0.364. The molecule has 0 N–H and O–H groups in total. The molecule has 1 aliphatic heterocycles. The number of nitrogens with zero attached hydrogens (tertiary/aromatic N) is 4. The van der Waals surface area contributed by atoms with Gasteiger partial charge in [0, 0.05) is 72.5 Å². The molecule has 1 fully saturated rings. The molecule has 5 nitrogen and oxygen atoms in total. The highest BCUT2D eigenvalue weighted by Crippen LogP contribution is 2.21. The lowest BCUT2D eigenvalue weighted by molar-refractivity contribution is 0.0747. The summed E-state index contributed by atoms with van der Waals surface area (Å²) in [5.41, 5.74) is 5.24. The van der Waals surface area contributed by atoms with Gasteiger partial charge in [-0.05, 0) is 57.2 Å². The summed E-state index contributed by atoms with van der Waals surface area (Å²) in [5, 5.41) is 1.13. The number of hydrogen-bond acceptors (Lipinski definition) is 3. The maximum Gasteiger partial charge on any atom is 0.253 e. The minimum absolute atomic E-state index is 0.128. The molecular formula is C22H26N4O. The summed E-state index contributed by atoms with van der Waals surface area (Å²) in [7, 11) is 0. The quantitative estimate of drug-likeness (QED) is 0.714. The summed E-state index contributed by atoms with van der Waals surface area (Å²) in [4.78, 5) is 21.7. The van der Waals surface area contributed by atoms with Gasteiger partial charge < -0.3 is 14.4 Å². The third kappa shape index (κ3) is 3.42. The maximum atomic E-state index is 13.0. The highest BCUT2D eigenvalue weighted by Gasteiger charge is 2.23. The van der Waals surface area contributed by atoms with Crippen LogP contribution in [0, 0.1) is 13.8 Å². The van der Waals surface area contributed by atoms with Crippen molar-refractivity contribution in [1.82, 2.24) is 14.5 Å². The van der Waals surface area contributed by atoms with Crippen molar-refractivity contribution < 1.29 is 4.79 Å². The summed E-state index contributed by atoms with van der Waals surface area (Å²) in [5.74, 6) is 0.128. The summed E-state index contributed by atoms with van der Waals surface area (Å²) in [6.45, 7) is 10.3. The maximum absolute atomic E-state index is 13.0. The van der Waals surface area contributed by atoms with E-state index in [9.17, 15) is 4.79 Å². The number of carbonyl (C=O) groups excluding carboxylic acids is 1. The lowest BCUT2D eigenvalue weighted by Crippen LogP contribution is -2.48. The van der Waals surface area contributed by atoms with Crippen LogP contribution in [0.2, 0.25) is 0 Å². The van der Waals surface area contributed by atoms with Crippen LogP contribution >= 0.6 is 0 Å². The molecule has 5 heteroatoms. The van der Waals surface area contributed by atoms with Crippen molar-refractivity contribution in [3.05, 3.63) is 59.5 Å². The van der Waals surface area contributed by atoms with Gasteiger partial charge >= 0.3 is 0 Å². The lowest BCUT2D eigenvalue weighted by atomic mass is 10.1. The smallest absolute Gasteiger partial charge is 0.253 e. The molecule has 3 heterocycles. The third-order valence-corrected chi connectivity index (χ3v) is 5.36. The Bertz CT molecular complexity index is 963. The minimum atomic E-state index is 0.128. The highest BCUT2D eigenvalue weighted by molar-refractivity contribution is 5.98. The molecule has 0 unspecified atom stereocenters. The molecule has 140 valence electrons. The largest absolute Gasteiger partial charge is 0.368 e. The number of carbonyl (C=O) groups is 1. The zero-order valence-electron chi connectivity index (χ0n) is 16.3. The van der Waals surface area contributed by atoms with Gasteiger partial charge in [-0.15, -0.1) is 0 Å². The molecule has 0 spiro atoms. The van der Waals surface area contributed by atoms with Crippen LogP contribution in [0.1, 0.15) is 28.7 Å². The van der Waals surface area contributed by atoms with Gasteiger partial charge in [0.05, 0.1) is 0 Å². The van der Waals surface area contributed by atoms with Gasteiger partial charge in [-0.2, -0.15) is 0 Å². The molecular weight excluding hydrogens is 336 g/mol. The first-order valence-corrected chi connectivity index (χ1v) is 9.63. The van der Waals surface area contributed by atoms with Gasteiger partial charge in [0.1, 0.15) is 0 Å². The van der Waals surface area contributed by atoms with Crippen molar-refractivity contribution >= 4 is 22.5 Å². The fourth-order valence-electron chi connectivity index (χ4n) is 3.95. The van der Waals surface area contributed by atoms with E-state index in [1.54, 1.807) is 0 Å². The van der Waals surface area contributed by atoms with Gasteiger partial charge in [-0.1, -0.05) is 0 Å². The Morgan fingerprint density at radius 2 is 1.70 bits per heavy atom. The third-order valence-electron chi connectivity index (χ3n) is 5.36. The van der Waals surface area contributed by atoms with Crippen LogP contribution in [0.3, 0.4) is 0 Å². The number of rotatable bonds is 3. The number of aromatic nitrogens is 2. The van der Waals surface area contributed by atoms with Gasteiger partial charge in [0.25, 0.3) is 5.91 Å². The molecule has 0 aliphatic carbocycles. The minimum Gasteiger partial charge on any atom is -0.368 e. The summed E-state index contributed by atoms with van der Waals surface area (Å²) < 4.78 is 2.20. The Hall–Kier alpha value is -2.82. The number of benzene rings is 1. The van der Waals surface area contributed by atoms with E-state index >= 15 is 0 Å². The molecule has 4 rings (SSSR count). The molecule has 0 atom stereocenters. The van der Waals surface area contributed by atoms with E-state index in [0.717, 1.165) is 55.1 Å². The highest BCUT2D eigenvalue weighted by atomic mass is 16.2. The van der Waals surface area contributed by atoms with Crippen LogP contribution in [-0.4, -0.2) is 46.5 Å². The van der Waals surface area contributed by atoms with Crippen LogP contribution in [0.15, 0.2) is 42.6 Å². The predicted molar refractivity (Wildman–Crippen MR) is 109 cm³/mol. The Labute approximate surface area is 160 Å². The van der Waals surface area contributed by atoms with Crippen molar-refractivity contribution in [1.29, 1.82) is 0 Å². The molecule has 27 heavy (non-hydrogen) atoms. The van der Waals surface area contributed by atoms with Crippen LogP contribution < -0.4 is 4.90 Å². The number of amides is 1. The number of hydrogen-bond donors (Lipinski definition) is 0. The molecule has 1 aromatic carbocycles. The second-order valence-corrected chi connectivity index (χ2v) is 7.26. The van der Waals surface area contributed by atoms with Crippen molar-refractivity contribution in [3.63, 3.8) is 0 Å². The predicted octanol–water partition coefficient (Wildman–Crippen LogP) is 3.64. The molecule has 0 bridgehead atoms. The number of aryl methyl sites for hydroxylation is 3. The normalized spacial score (nSPS) is 14.8. The average molecular weight is 362 g/mol. The Morgan fingerprint density at radius 3 is 2.37 bits per heavy atom. The Balaban J connectivity index is 1.47. The first-order chi connectivity index (χ1) is 13.0. The Kier molecular flexibility index (Phi) is 4.60. The van der Waals surface area contributed by atoms with Crippen molar-refractivity contribution in [2.75, 3.05) is 31.1 Å². The summed E-state index contributed by atoms with van der Waals surface area (Å²) in [6, 6.07) is 12.4. The topological polar surface area (TPSA) is 41.4 Å². The van der Waals surface area contributed by atoms with Crippen molar-refractivity contribution in [3.8, 4) is 0 Å². The van der Waals surface area contributed by atoms with E-state index in [1.165, 1.54) is 11.2 Å². The molecule has 3 aromatic rings. The van der Waals surface area contributed by atoms with E-state index in [0.29, 0.717) is 0 Å². The number of fused-ring (bicyclic) bond motifs is 1. The zero-order chi connectivity index (χ0) is 19.0. The fourth-order valence-corrected chi connectivity index (χ4v) is 3.95. The van der Waals surface area contributed by atoms with E-state index < -0.39 is 0 Å². The summed E-state index contributed by atoms with van der Waals surface area (Å²) >= 11 is 0. The first-order valence-electron chi connectivity index (χ1n) is 9.63. The van der Waals surface area contributed by atoms with E-state index in [4.69, 9.17) is 0 Å². The standard InChI is InChI=1S/C22H26N4O/c1-4-24-8-7-18-15-19(5-6-21(18)24)22(27)26-11-9-25(10-12-26)20-13-16(2)23-17(3)14-20/h5-8,13-15H,4,9-12H2,1-3H3. The van der Waals surface area contributed by atoms with Crippen LogP contribution in [-0.2, 0) is 6.54 Å². The zero-order valence-corrected chi connectivity index (χ0v) is 16.3. The number of pyridine rings is 1. The van der Waals surface area contributed by atoms with E-state index in [-0.39, 0.29) is 5.91 Å². The van der Waals surface area contributed by atoms with Gasteiger partial charge in [0.2, 0.25) is 0 Å². The SMILES string of the molecule is CCn1ccc2cc(C(=O)N3CCN(c4cc(C)nc(C)c4)CC3)ccc21. The molecule has 2 aromatic heterocycles. The molecule has 0 radical (unpaired) electrons. The van der Waals surface area contributed by atoms with E-state index in [2.05, 4.69) is 51.8 Å². The lowest BCUT2D eigenvalue weighted by Gasteiger charge is -2.36. The second-order valence-electron chi connectivity index (χ2n) is 7.26. The average Bonchev–Trinajstić information content (AvgIpc) is 3.09. The molecule has 1 saturated heterocycles. The van der Waals surface area contributed by atoms with E-state index in [1.807, 2.05) is 30.9 Å². The van der Waals surface area contributed by atoms with Gasteiger partial charge in [-0.3, -0.25) is 9.78 Å². The van der Waals surface area contributed by atoms with Crippen molar-refractivity contribution in [2.45, 2.75) is 27.3 Å². The first kappa shape index (κ1) is 17.6.